The first kappa shape index (κ1) is 17.1. The van der Waals surface area contributed by atoms with Crippen LogP contribution >= 0.6 is 15.9 Å². The lowest BCUT2D eigenvalue weighted by molar-refractivity contribution is 0.728. The molecule has 3 aromatic carbocycles. The molecule has 1 unspecified atom stereocenters. The smallest absolute Gasteiger partial charge is 0.117 e. The molecular weight excluding hydrogens is 420 g/mol. The summed E-state index contributed by atoms with van der Waals surface area (Å²) in [7, 11) is 2.17. The van der Waals surface area contributed by atoms with E-state index in [2.05, 4.69) is 112 Å². The quantitative estimate of drug-likeness (QED) is 0.404. The number of allylic oxidation sites excluding steroid dienone is 2. The molecule has 3 aromatic rings. The predicted molar refractivity (Wildman–Crippen MR) is 125 cm³/mol. The number of halogens is 1. The molecule has 1 N–H and O–H groups in total. The molecule has 2 nitrogen and oxygen atoms in total. The van der Waals surface area contributed by atoms with E-state index in [1.54, 1.807) is 0 Å². The van der Waals surface area contributed by atoms with Crippen LogP contribution < -0.4 is 10.2 Å². The van der Waals surface area contributed by atoms with Crippen molar-refractivity contribution in [3.63, 3.8) is 0 Å². The first-order valence-corrected chi connectivity index (χ1v) is 10.9. The number of anilines is 3. The zero-order chi connectivity index (χ0) is 19.6. The van der Waals surface area contributed by atoms with E-state index in [0.29, 0.717) is 0 Å². The van der Waals surface area contributed by atoms with Crippen molar-refractivity contribution in [1.29, 1.82) is 0 Å². The van der Waals surface area contributed by atoms with E-state index >= 15 is 0 Å². The van der Waals surface area contributed by atoms with Crippen LogP contribution in [0.4, 0.5) is 17.1 Å². The Morgan fingerprint density at radius 1 is 0.931 bits per heavy atom. The van der Waals surface area contributed by atoms with Gasteiger partial charge in [-0.1, -0.05) is 70.5 Å². The van der Waals surface area contributed by atoms with Crippen molar-refractivity contribution >= 4 is 38.6 Å². The fraction of sp³-hybridized carbons (Fsp3) is 0.154. The fourth-order valence-electron chi connectivity index (χ4n) is 5.32. The van der Waals surface area contributed by atoms with Gasteiger partial charge in [-0.2, -0.15) is 0 Å². The van der Waals surface area contributed by atoms with E-state index in [9.17, 15) is 0 Å². The Morgan fingerprint density at radius 3 is 2.62 bits per heavy atom. The molecule has 0 radical (unpaired) electrons. The Labute approximate surface area is 179 Å². The van der Waals surface area contributed by atoms with Gasteiger partial charge in [-0.3, -0.25) is 0 Å². The lowest BCUT2D eigenvalue weighted by Gasteiger charge is -2.36. The highest BCUT2D eigenvalue weighted by Crippen LogP contribution is 2.57. The van der Waals surface area contributed by atoms with Crippen molar-refractivity contribution in [1.82, 2.24) is 0 Å². The Balaban J connectivity index is 1.76. The largest absolute Gasteiger partial charge is 0.366 e. The molecule has 29 heavy (non-hydrogen) atoms. The summed E-state index contributed by atoms with van der Waals surface area (Å²) in [5.41, 5.74) is 10.1. The molecule has 0 fully saturated rings. The molecule has 3 heteroatoms. The molecule has 6 rings (SSSR count). The molecule has 0 amide bonds. The number of para-hydroxylation sites is 1. The zero-order valence-electron chi connectivity index (χ0n) is 16.2. The minimum Gasteiger partial charge on any atom is -0.366 e. The molecule has 0 aromatic heterocycles. The Bertz CT molecular complexity index is 1220. The third-order valence-corrected chi connectivity index (χ3v) is 7.04. The highest BCUT2D eigenvalue weighted by molar-refractivity contribution is 9.10. The summed E-state index contributed by atoms with van der Waals surface area (Å²) in [6.45, 7) is 0. The molecule has 1 heterocycles. The van der Waals surface area contributed by atoms with Crippen molar-refractivity contribution in [2.75, 3.05) is 17.3 Å². The van der Waals surface area contributed by atoms with Crippen LogP contribution in [0.15, 0.2) is 88.9 Å². The summed E-state index contributed by atoms with van der Waals surface area (Å²) in [5, 5.41) is 4.04. The normalized spacial score (nSPS) is 21.2. The second-order valence-electron chi connectivity index (χ2n) is 7.99. The summed E-state index contributed by atoms with van der Waals surface area (Å²) in [6.07, 6.45) is 6.88. The fourth-order valence-corrected chi connectivity index (χ4v) is 5.68. The van der Waals surface area contributed by atoms with Gasteiger partial charge in [0.05, 0.1) is 11.4 Å². The second-order valence-corrected chi connectivity index (χ2v) is 8.91. The van der Waals surface area contributed by atoms with Crippen molar-refractivity contribution in [2.45, 2.75) is 18.4 Å². The number of nitrogens with zero attached hydrogens (tertiary/aromatic N) is 1. The van der Waals surface area contributed by atoms with Crippen LogP contribution in [0.1, 0.15) is 29.5 Å². The molecule has 0 bridgehead atoms. The molecule has 1 aliphatic heterocycles. The van der Waals surface area contributed by atoms with E-state index < -0.39 is 0 Å². The zero-order valence-corrected chi connectivity index (χ0v) is 17.8. The summed E-state index contributed by atoms with van der Waals surface area (Å²) in [5.74, 6) is 0. The minimum absolute atomic E-state index is 0.389. The van der Waals surface area contributed by atoms with Gasteiger partial charge >= 0.3 is 0 Å². The van der Waals surface area contributed by atoms with Gasteiger partial charge in [-0.25, -0.2) is 0 Å². The van der Waals surface area contributed by atoms with Gasteiger partial charge < -0.3 is 10.2 Å². The monoisotopic (exact) mass is 440 g/mol. The topological polar surface area (TPSA) is 15.3 Å². The van der Waals surface area contributed by atoms with E-state index in [0.717, 1.165) is 23.0 Å². The maximum Gasteiger partial charge on any atom is 0.117 e. The van der Waals surface area contributed by atoms with Crippen LogP contribution in [0.25, 0.3) is 5.57 Å². The van der Waals surface area contributed by atoms with Gasteiger partial charge in [0.25, 0.3) is 0 Å². The van der Waals surface area contributed by atoms with Crippen molar-refractivity contribution < 1.29 is 0 Å². The van der Waals surface area contributed by atoms with Crippen LogP contribution in [0, 0.1) is 0 Å². The number of hydrogen-bond donors (Lipinski definition) is 1. The molecular formula is C26H21BrN2. The Morgan fingerprint density at radius 2 is 1.72 bits per heavy atom. The first-order valence-electron chi connectivity index (χ1n) is 10.1. The maximum absolute atomic E-state index is 4.04. The minimum atomic E-state index is -0.389. The second kappa shape index (κ2) is 6.11. The molecule has 0 saturated heterocycles. The van der Waals surface area contributed by atoms with Crippen molar-refractivity contribution in [2.24, 2.45) is 0 Å². The van der Waals surface area contributed by atoms with Gasteiger partial charge in [0.1, 0.15) is 5.54 Å². The van der Waals surface area contributed by atoms with Crippen LogP contribution in [-0.4, -0.2) is 7.05 Å². The number of hydrogen-bond acceptors (Lipinski definition) is 2. The molecule has 3 aliphatic rings. The van der Waals surface area contributed by atoms with Gasteiger partial charge in [0.2, 0.25) is 0 Å². The van der Waals surface area contributed by atoms with Gasteiger partial charge in [-0.05, 0) is 59.4 Å². The number of nitrogens with one attached hydrogen (secondary N) is 1. The van der Waals surface area contributed by atoms with Crippen LogP contribution in [0.5, 0.6) is 0 Å². The van der Waals surface area contributed by atoms with Crippen molar-refractivity contribution in [3.05, 3.63) is 106 Å². The molecule has 0 saturated carbocycles. The lowest BCUT2D eigenvalue weighted by Crippen LogP contribution is -2.36. The van der Waals surface area contributed by atoms with Gasteiger partial charge in [0, 0.05) is 22.8 Å². The summed E-state index contributed by atoms with van der Waals surface area (Å²) in [6, 6.07) is 24.3. The number of benzene rings is 3. The SMILES string of the molecule is CN1c2ccc(Br)cc2NC2(C3=C(CCC=C3)c3ccccc32)c2ccccc21. The number of fused-ring (bicyclic) bond motifs is 7. The van der Waals surface area contributed by atoms with E-state index in [4.69, 9.17) is 0 Å². The molecule has 142 valence electrons. The third kappa shape index (κ3) is 2.22. The van der Waals surface area contributed by atoms with Gasteiger partial charge in [0.15, 0.2) is 0 Å². The molecule has 2 aliphatic carbocycles. The Kier molecular flexibility index (Phi) is 3.60. The van der Waals surface area contributed by atoms with E-state index in [1.807, 2.05) is 0 Å². The average molecular weight is 441 g/mol. The summed E-state index contributed by atoms with van der Waals surface area (Å²) >= 11 is 3.68. The van der Waals surface area contributed by atoms with Crippen LogP contribution in [0.2, 0.25) is 0 Å². The average Bonchev–Trinajstić information content (AvgIpc) is 2.98. The lowest BCUT2D eigenvalue weighted by atomic mass is 9.77. The van der Waals surface area contributed by atoms with Crippen LogP contribution in [-0.2, 0) is 5.54 Å². The first-order chi connectivity index (χ1) is 14.2. The van der Waals surface area contributed by atoms with E-state index in [-0.39, 0.29) is 5.54 Å². The predicted octanol–water partition coefficient (Wildman–Crippen LogP) is 7.00. The van der Waals surface area contributed by atoms with E-state index in [1.165, 1.54) is 39.2 Å². The summed E-state index contributed by atoms with van der Waals surface area (Å²) in [4.78, 5) is 2.31. The van der Waals surface area contributed by atoms with Crippen LogP contribution in [0.3, 0.4) is 0 Å². The summed E-state index contributed by atoms with van der Waals surface area (Å²) < 4.78 is 1.08. The third-order valence-electron chi connectivity index (χ3n) is 6.54. The molecule has 1 spiro atoms. The standard InChI is InChI=1S/C26H21BrN2/c1-29-24-13-7-6-12-22(24)26(28-23-16-17(27)14-15-25(23)29)20-10-4-2-8-18(20)19-9-3-5-11-21(19)26/h2,4-8,10-16,28H,3,9H2,1H3. The number of rotatable bonds is 0. The Hall–Kier alpha value is -2.78. The molecule has 1 atom stereocenters. The highest BCUT2D eigenvalue weighted by Gasteiger charge is 2.48. The van der Waals surface area contributed by atoms with Gasteiger partial charge in [-0.15, -0.1) is 0 Å². The van der Waals surface area contributed by atoms with Crippen molar-refractivity contribution in [3.8, 4) is 0 Å². The maximum atomic E-state index is 4.04. The highest BCUT2D eigenvalue weighted by atomic mass is 79.9.